The van der Waals surface area contributed by atoms with Crippen molar-refractivity contribution in [2.24, 2.45) is 0 Å². The van der Waals surface area contributed by atoms with Crippen LogP contribution in [0.2, 0.25) is 0 Å². The Bertz CT molecular complexity index is 25.2. The molecule has 0 atom stereocenters. The molecule has 0 N–H and O–H groups in total. The Morgan fingerprint density at radius 1 is 0.714 bits per heavy atom. The van der Waals surface area contributed by atoms with E-state index in [2.05, 4.69) is 0 Å². The van der Waals surface area contributed by atoms with Gasteiger partial charge in [-0.1, -0.05) is 0 Å². The van der Waals surface area contributed by atoms with Crippen LogP contribution in [0.15, 0.2) is 0 Å². The third kappa shape index (κ3) is 77.1. The second-order valence-corrected chi connectivity index (χ2v) is 2.06. The van der Waals surface area contributed by atoms with Gasteiger partial charge in [0.25, 0.3) is 0 Å². The molecule has 0 rings (SSSR count). The van der Waals surface area contributed by atoms with E-state index >= 15 is 0 Å². The molecule has 0 aromatic carbocycles. The molecule has 0 aliphatic heterocycles. The van der Waals surface area contributed by atoms with Crippen molar-refractivity contribution < 1.29 is 73.7 Å². The van der Waals surface area contributed by atoms with Gasteiger partial charge in [0.2, 0.25) is 0 Å². The second-order valence-electron chi connectivity index (χ2n) is 0.500. The van der Waals surface area contributed by atoms with E-state index in [4.69, 9.17) is 14.8 Å². The first-order chi connectivity index (χ1) is 2.00. The summed E-state index contributed by atoms with van der Waals surface area (Å²) in [5.41, 5.74) is 0. The van der Waals surface area contributed by atoms with Crippen LogP contribution in [-0.2, 0) is 59.0 Å². The van der Waals surface area contributed by atoms with Gasteiger partial charge in [0.05, 0.1) is 0 Å². The van der Waals surface area contributed by atoms with Gasteiger partial charge >= 0.3 is 73.7 Å². The van der Waals surface area contributed by atoms with E-state index in [0.29, 0.717) is 0 Å². The van der Waals surface area contributed by atoms with Gasteiger partial charge in [0, 0.05) is 0 Å². The molecule has 48 valence electrons. The van der Waals surface area contributed by atoms with E-state index in [1.807, 2.05) is 0 Å². The smallest absolute Gasteiger partial charge is 2.00 e. The minimum atomic E-state index is -6.00. The summed E-state index contributed by atoms with van der Waals surface area (Å²) in [5, 5.41) is 0. The van der Waals surface area contributed by atoms with Gasteiger partial charge in [-0.25, -0.2) is 0 Å². The molecule has 4 nitrogen and oxygen atoms in total. The molecule has 0 heterocycles. The second kappa shape index (κ2) is 6.01. The van der Waals surface area contributed by atoms with E-state index in [1.54, 1.807) is 0 Å². The standard InChI is InChI=1S/4O.2Pd.Ti/q4*-1;2*+2;. The molecule has 0 saturated carbocycles. The minimum absolute atomic E-state index is 0. The number of hydrogen-bond acceptors (Lipinski definition) is 4. The van der Waals surface area contributed by atoms with E-state index in [9.17, 15) is 0 Å². The molecule has 0 aliphatic carbocycles. The third-order valence-corrected chi connectivity index (χ3v) is 0. The summed E-state index contributed by atoms with van der Waals surface area (Å²) in [4.78, 5) is 0. The molecule has 0 radical (unpaired) electrons. The van der Waals surface area contributed by atoms with Gasteiger partial charge in [-0.2, -0.15) is 0 Å². The molecule has 0 aromatic rings. The average molecular weight is 325 g/mol. The summed E-state index contributed by atoms with van der Waals surface area (Å²) in [6.45, 7) is 0. The SMILES string of the molecule is [O-][Ti]([O-])([O-])[O-].[Pd+2].[Pd+2]. The van der Waals surface area contributed by atoms with Crippen molar-refractivity contribution >= 4 is 0 Å². The van der Waals surface area contributed by atoms with Crippen LogP contribution >= 0.6 is 0 Å². The maximum absolute atomic E-state index is 8.62. The molecule has 0 fully saturated rings. The summed E-state index contributed by atoms with van der Waals surface area (Å²) in [6.07, 6.45) is 0. The molecule has 0 saturated heterocycles. The van der Waals surface area contributed by atoms with Gasteiger partial charge in [0.15, 0.2) is 0 Å². The van der Waals surface area contributed by atoms with Crippen LogP contribution in [0.5, 0.6) is 0 Å². The van der Waals surface area contributed by atoms with E-state index in [0.717, 1.165) is 0 Å². The predicted octanol–water partition coefficient (Wildman–Crippen LogP) is -4.76. The fraction of sp³-hybridized carbons (Fsp3) is 0. The molecule has 0 unspecified atom stereocenters. The van der Waals surface area contributed by atoms with Crippen LogP contribution in [0.1, 0.15) is 0 Å². The van der Waals surface area contributed by atoms with Crippen LogP contribution in [0, 0.1) is 0 Å². The summed E-state index contributed by atoms with van der Waals surface area (Å²) in [5.74, 6) is 0. The molecule has 0 spiro atoms. The maximum atomic E-state index is 8.62. The zero-order valence-corrected chi connectivity index (χ0v) is 7.44. The Morgan fingerprint density at radius 2 is 0.714 bits per heavy atom. The first-order valence-electron chi connectivity index (χ1n) is 0.816. The fourth-order valence-corrected chi connectivity index (χ4v) is 0. The average Bonchev–Trinajstić information content (AvgIpc) is 0.722. The summed E-state index contributed by atoms with van der Waals surface area (Å²) >= 11 is -6.00. The van der Waals surface area contributed by atoms with Crippen molar-refractivity contribution in [3.05, 3.63) is 0 Å². The van der Waals surface area contributed by atoms with E-state index in [1.165, 1.54) is 0 Å². The third-order valence-electron chi connectivity index (χ3n) is 0. The van der Waals surface area contributed by atoms with Crippen molar-refractivity contribution in [1.29, 1.82) is 0 Å². The molecule has 0 aliphatic rings. The predicted molar refractivity (Wildman–Crippen MR) is 0 cm³/mol. The quantitative estimate of drug-likeness (QED) is 0.418. The molecule has 7 heavy (non-hydrogen) atoms. The van der Waals surface area contributed by atoms with Crippen LogP contribution in [-0.4, -0.2) is 0 Å². The van der Waals surface area contributed by atoms with Gasteiger partial charge in [-0.15, -0.1) is 0 Å². The summed E-state index contributed by atoms with van der Waals surface area (Å²) in [7, 11) is 0. The van der Waals surface area contributed by atoms with Crippen LogP contribution in [0.25, 0.3) is 0 Å². The normalized spacial score (nSPS) is 8.57. The largest absolute Gasteiger partial charge is 2.00 e. The first-order valence-corrected chi connectivity index (χ1v) is 3.37. The summed E-state index contributed by atoms with van der Waals surface area (Å²) < 4.78 is 34.5. The van der Waals surface area contributed by atoms with Gasteiger partial charge in [-0.05, 0) is 0 Å². The Morgan fingerprint density at radius 3 is 0.714 bits per heavy atom. The fourth-order valence-electron chi connectivity index (χ4n) is 0. The minimum Gasteiger partial charge on any atom is 2.00 e. The molecular formula is O4Pd2Ti. The van der Waals surface area contributed by atoms with Gasteiger partial charge in [-0.3, -0.25) is 0 Å². The number of hydrogen-bond donors (Lipinski definition) is 0. The Kier molecular flexibility index (Phi) is 13.7. The van der Waals surface area contributed by atoms with E-state index in [-0.39, 0.29) is 40.8 Å². The maximum Gasteiger partial charge on any atom is 2.00 e. The van der Waals surface area contributed by atoms with Crippen molar-refractivity contribution in [2.75, 3.05) is 0 Å². The Hall–Kier alpha value is 1.88. The van der Waals surface area contributed by atoms with Crippen LogP contribution in [0.3, 0.4) is 0 Å². The van der Waals surface area contributed by atoms with Gasteiger partial charge in [0.1, 0.15) is 0 Å². The molecule has 0 amide bonds. The molecule has 0 aromatic heterocycles. The monoisotopic (exact) mass is 324 g/mol. The number of rotatable bonds is 0. The van der Waals surface area contributed by atoms with Crippen LogP contribution < -0.4 is 14.8 Å². The van der Waals surface area contributed by atoms with Crippen molar-refractivity contribution in [2.45, 2.75) is 0 Å². The van der Waals surface area contributed by atoms with Crippen molar-refractivity contribution in [3.8, 4) is 0 Å². The Labute approximate surface area is 73.1 Å². The molecule has 7 heteroatoms. The zero-order valence-electron chi connectivity index (χ0n) is 2.77. The molecule has 0 bridgehead atoms. The van der Waals surface area contributed by atoms with Crippen molar-refractivity contribution in [3.63, 3.8) is 0 Å². The van der Waals surface area contributed by atoms with Crippen molar-refractivity contribution in [1.82, 2.24) is 0 Å². The van der Waals surface area contributed by atoms with Gasteiger partial charge < -0.3 is 0 Å². The zero-order chi connectivity index (χ0) is 4.50. The van der Waals surface area contributed by atoms with Crippen LogP contribution in [0.4, 0.5) is 0 Å². The Balaban J connectivity index is -0.0000000800. The first kappa shape index (κ1) is 15.9. The summed E-state index contributed by atoms with van der Waals surface area (Å²) in [6, 6.07) is 0. The molecular weight excluding hydrogens is 325 g/mol. The van der Waals surface area contributed by atoms with E-state index < -0.39 is 18.1 Å². The topological polar surface area (TPSA) is 92.2 Å².